The van der Waals surface area contributed by atoms with Crippen molar-refractivity contribution < 1.29 is 4.79 Å². The minimum Gasteiger partial charge on any atom is -0.294 e. The molecule has 4 nitrogen and oxygen atoms in total. The number of imidazole rings is 1. The molecule has 0 radical (unpaired) electrons. The molecule has 0 fully saturated rings. The lowest BCUT2D eigenvalue weighted by Crippen LogP contribution is -2.23. The summed E-state index contributed by atoms with van der Waals surface area (Å²) in [7, 11) is 0. The Morgan fingerprint density at radius 1 is 0.960 bits per heavy atom. The summed E-state index contributed by atoms with van der Waals surface area (Å²) in [4.78, 5) is 22.3. The Hall–Kier alpha value is -3.01. The number of nitrogens with zero attached hydrogens (tertiary/aromatic N) is 3. The average Bonchev–Trinajstić information content (AvgIpc) is 3.00. The highest BCUT2D eigenvalue weighted by molar-refractivity contribution is 6.00. The average molecular weight is 327 g/mol. The second kappa shape index (κ2) is 5.24. The van der Waals surface area contributed by atoms with Crippen LogP contribution in [0.3, 0.4) is 0 Å². The molecule has 0 saturated heterocycles. The maximum absolute atomic E-state index is 12.9. The maximum Gasteiger partial charge on any atom is 0.235 e. The van der Waals surface area contributed by atoms with Crippen molar-refractivity contribution in [2.75, 3.05) is 0 Å². The van der Waals surface area contributed by atoms with Crippen LogP contribution in [0.1, 0.15) is 39.6 Å². The first-order valence-electron chi connectivity index (χ1n) is 8.57. The highest BCUT2D eigenvalue weighted by atomic mass is 16.1. The second-order valence-corrected chi connectivity index (χ2v) is 6.69. The predicted octanol–water partition coefficient (Wildman–Crippen LogP) is 4.10. The zero-order valence-electron chi connectivity index (χ0n) is 13.9. The van der Waals surface area contributed by atoms with Gasteiger partial charge in [-0.15, -0.1) is 0 Å². The van der Waals surface area contributed by atoms with E-state index >= 15 is 0 Å². The molecular weight excluding hydrogens is 310 g/mol. The van der Waals surface area contributed by atoms with E-state index in [0.29, 0.717) is 12.2 Å². The normalized spacial score (nSPS) is 17.2. The van der Waals surface area contributed by atoms with Crippen LogP contribution in [0.4, 0.5) is 0 Å². The number of benzene rings is 2. The van der Waals surface area contributed by atoms with E-state index in [1.807, 2.05) is 53.8 Å². The van der Waals surface area contributed by atoms with E-state index in [2.05, 4.69) is 17.1 Å². The summed E-state index contributed by atoms with van der Waals surface area (Å²) in [5, 5.41) is 0. The van der Waals surface area contributed by atoms with Crippen LogP contribution in [-0.2, 0) is 6.42 Å². The minimum absolute atomic E-state index is 0.180. The second-order valence-electron chi connectivity index (χ2n) is 6.69. The number of para-hydroxylation sites is 2. The molecule has 0 N–H and O–H groups in total. The zero-order chi connectivity index (χ0) is 17.0. The third-order valence-corrected chi connectivity index (χ3v) is 5.19. The SMILES string of the molecule is Cc1c2c(nc3nc4ccccc4n13)C[C@H](c1ccccc1)CC2=O. The van der Waals surface area contributed by atoms with Crippen molar-refractivity contribution in [3.05, 3.63) is 77.1 Å². The van der Waals surface area contributed by atoms with Gasteiger partial charge in [0.2, 0.25) is 5.78 Å². The molecule has 122 valence electrons. The highest BCUT2D eigenvalue weighted by Gasteiger charge is 2.30. The van der Waals surface area contributed by atoms with E-state index in [4.69, 9.17) is 4.98 Å². The molecule has 4 aromatic rings. The smallest absolute Gasteiger partial charge is 0.235 e. The molecule has 1 aliphatic carbocycles. The van der Waals surface area contributed by atoms with Crippen LogP contribution in [-0.4, -0.2) is 20.2 Å². The molecule has 2 heterocycles. The van der Waals surface area contributed by atoms with Crippen molar-refractivity contribution >= 4 is 22.6 Å². The van der Waals surface area contributed by atoms with Crippen LogP contribution >= 0.6 is 0 Å². The number of aromatic nitrogens is 3. The van der Waals surface area contributed by atoms with Crippen LogP contribution in [0.2, 0.25) is 0 Å². The fourth-order valence-corrected chi connectivity index (χ4v) is 4.02. The summed E-state index contributed by atoms with van der Waals surface area (Å²) in [5.41, 5.74) is 5.73. The maximum atomic E-state index is 12.9. The molecule has 0 bridgehead atoms. The van der Waals surface area contributed by atoms with Crippen LogP contribution in [0, 0.1) is 6.92 Å². The topological polar surface area (TPSA) is 47.3 Å². The van der Waals surface area contributed by atoms with E-state index in [1.165, 1.54) is 5.56 Å². The number of rotatable bonds is 1. The van der Waals surface area contributed by atoms with Gasteiger partial charge in [-0.3, -0.25) is 9.20 Å². The minimum atomic E-state index is 0.180. The van der Waals surface area contributed by atoms with E-state index in [9.17, 15) is 4.79 Å². The van der Waals surface area contributed by atoms with Gasteiger partial charge in [0.1, 0.15) is 0 Å². The van der Waals surface area contributed by atoms with Crippen molar-refractivity contribution in [2.24, 2.45) is 0 Å². The molecule has 1 atom stereocenters. The molecule has 2 aromatic carbocycles. The third-order valence-electron chi connectivity index (χ3n) is 5.19. The molecule has 0 spiro atoms. The number of carbonyl (C=O) groups is 1. The summed E-state index contributed by atoms with van der Waals surface area (Å²) in [6.45, 7) is 2.00. The van der Waals surface area contributed by atoms with E-state index in [-0.39, 0.29) is 11.7 Å². The highest BCUT2D eigenvalue weighted by Crippen LogP contribution is 2.34. The van der Waals surface area contributed by atoms with Crippen molar-refractivity contribution in [1.82, 2.24) is 14.4 Å². The zero-order valence-corrected chi connectivity index (χ0v) is 13.9. The molecule has 4 heteroatoms. The summed E-state index contributed by atoms with van der Waals surface area (Å²) >= 11 is 0. The Balaban J connectivity index is 1.72. The predicted molar refractivity (Wildman–Crippen MR) is 97.1 cm³/mol. The van der Waals surface area contributed by atoms with Crippen molar-refractivity contribution in [3.63, 3.8) is 0 Å². The van der Waals surface area contributed by atoms with Crippen molar-refractivity contribution in [3.8, 4) is 0 Å². The molecule has 25 heavy (non-hydrogen) atoms. The van der Waals surface area contributed by atoms with Gasteiger partial charge in [0.15, 0.2) is 5.78 Å². The lowest BCUT2D eigenvalue weighted by molar-refractivity contribution is 0.0962. The van der Waals surface area contributed by atoms with Gasteiger partial charge in [0.25, 0.3) is 0 Å². The van der Waals surface area contributed by atoms with Crippen LogP contribution in [0.25, 0.3) is 16.8 Å². The summed E-state index contributed by atoms with van der Waals surface area (Å²) in [6, 6.07) is 18.2. The molecule has 5 rings (SSSR count). The molecular formula is C21H17N3O. The Morgan fingerprint density at radius 2 is 1.72 bits per heavy atom. The van der Waals surface area contributed by atoms with Gasteiger partial charge < -0.3 is 0 Å². The molecule has 1 aliphatic rings. The van der Waals surface area contributed by atoms with Crippen LogP contribution in [0.15, 0.2) is 54.6 Å². The number of hydrogen-bond donors (Lipinski definition) is 0. The summed E-state index contributed by atoms with van der Waals surface area (Å²) in [6.07, 6.45) is 1.32. The number of hydrogen-bond acceptors (Lipinski definition) is 3. The van der Waals surface area contributed by atoms with E-state index in [0.717, 1.165) is 34.4 Å². The van der Waals surface area contributed by atoms with Crippen LogP contribution < -0.4 is 0 Å². The van der Waals surface area contributed by atoms with Crippen LogP contribution in [0.5, 0.6) is 0 Å². The third kappa shape index (κ3) is 2.10. The van der Waals surface area contributed by atoms with Crippen molar-refractivity contribution in [2.45, 2.75) is 25.7 Å². The van der Waals surface area contributed by atoms with Gasteiger partial charge in [-0.1, -0.05) is 42.5 Å². The van der Waals surface area contributed by atoms with Gasteiger partial charge in [-0.25, -0.2) is 9.97 Å². The Kier molecular flexibility index (Phi) is 3.01. The van der Waals surface area contributed by atoms with Gasteiger partial charge in [0, 0.05) is 12.1 Å². The molecule has 0 saturated carbocycles. The van der Waals surface area contributed by atoms with E-state index < -0.39 is 0 Å². The first kappa shape index (κ1) is 14.3. The fraction of sp³-hybridized carbons (Fsp3) is 0.190. The Labute approximate surface area is 145 Å². The lowest BCUT2D eigenvalue weighted by Gasteiger charge is -2.24. The Bertz CT molecular complexity index is 1130. The number of carbonyl (C=O) groups excluding carboxylic acids is 1. The number of Topliss-reactive ketones (excluding diaryl/α,β-unsaturated/α-hetero) is 1. The molecule has 0 aliphatic heterocycles. The van der Waals surface area contributed by atoms with Gasteiger partial charge in [-0.05, 0) is 37.0 Å². The van der Waals surface area contributed by atoms with Gasteiger partial charge >= 0.3 is 0 Å². The van der Waals surface area contributed by atoms with Gasteiger partial charge in [-0.2, -0.15) is 0 Å². The molecule has 0 unspecified atom stereocenters. The first-order valence-corrected chi connectivity index (χ1v) is 8.57. The number of aryl methyl sites for hydroxylation is 1. The quantitative estimate of drug-likeness (QED) is 0.529. The van der Waals surface area contributed by atoms with Crippen molar-refractivity contribution in [1.29, 1.82) is 0 Å². The number of ketones is 1. The summed E-state index contributed by atoms with van der Waals surface area (Å²) < 4.78 is 2.01. The number of fused-ring (bicyclic) bond motifs is 4. The standard InChI is InChI=1S/C21H17N3O/c1-13-20-17(11-15(12-19(20)25)14-7-3-2-4-8-14)23-21-22-16-9-5-6-10-18(16)24(13)21/h2-10,15H,11-12H2,1H3/t15-/m0/s1. The van der Waals surface area contributed by atoms with Gasteiger partial charge in [0.05, 0.1) is 22.3 Å². The lowest BCUT2D eigenvalue weighted by atomic mass is 9.81. The summed E-state index contributed by atoms with van der Waals surface area (Å²) in [5.74, 6) is 1.05. The first-order chi connectivity index (χ1) is 12.2. The molecule has 2 aromatic heterocycles. The monoisotopic (exact) mass is 327 g/mol. The van der Waals surface area contributed by atoms with E-state index in [1.54, 1.807) is 0 Å². The molecule has 0 amide bonds. The fourth-order valence-electron chi connectivity index (χ4n) is 4.02. The largest absolute Gasteiger partial charge is 0.294 e. The Morgan fingerprint density at radius 3 is 2.56 bits per heavy atom.